The molecule has 0 atom stereocenters. The first-order valence-corrected chi connectivity index (χ1v) is 8.00. The molecular weight excluding hydrogens is 326 g/mol. The van der Waals surface area contributed by atoms with E-state index in [4.69, 9.17) is 11.6 Å². The number of nitrogens with one attached hydrogen (secondary N) is 2. The largest absolute Gasteiger partial charge is 0.326 e. The molecule has 1 saturated carbocycles. The van der Waals surface area contributed by atoms with Crippen LogP contribution >= 0.6 is 11.6 Å². The molecular formula is C18H16ClN3O2. The fraction of sp³-hybridized carbons (Fsp3) is 0.167. The number of carbonyl (C=O) groups is 2. The molecule has 2 N–H and O–H groups in total. The van der Waals surface area contributed by atoms with E-state index in [1.165, 1.54) is 6.21 Å². The van der Waals surface area contributed by atoms with Crippen molar-refractivity contribution >= 4 is 35.3 Å². The first kappa shape index (κ1) is 16.2. The number of hydrogen-bond donors (Lipinski definition) is 2. The molecule has 3 rings (SSSR count). The highest BCUT2D eigenvalue weighted by Gasteiger charge is 2.29. The van der Waals surface area contributed by atoms with Crippen molar-refractivity contribution in [3.05, 3.63) is 64.7 Å². The van der Waals surface area contributed by atoms with Gasteiger partial charge in [-0.3, -0.25) is 9.59 Å². The molecule has 0 aromatic heterocycles. The van der Waals surface area contributed by atoms with Crippen molar-refractivity contribution in [3.8, 4) is 0 Å². The van der Waals surface area contributed by atoms with Crippen molar-refractivity contribution < 1.29 is 9.59 Å². The predicted octanol–water partition coefficient (Wildman–Crippen LogP) is 3.45. The van der Waals surface area contributed by atoms with Gasteiger partial charge in [0.25, 0.3) is 5.91 Å². The van der Waals surface area contributed by atoms with Gasteiger partial charge in [0, 0.05) is 27.8 Å². The molecule has 2 amide bonds. The summed E-state index contributed by atoms with van der Waals surface area (Å²) >= 11 is 6.00. The summed E-state index contributed by atoms with van der Waals surface area (Å²) in [5.74, 6) is -0.151. The molecule has 0 bridgehead atoms. The number of benzene rings is 2. The molecule has 1 aliphatic carbocycles. The van der Waals surface area contributed by atoms with Crippen LogP contribution < -0.4 is 10.7 Å². The number of anilines is 1. The SMILES string of the molecule is O=C(NN=Cc1ccccc1Cl)c1ccc(NC(=O)C2CC2)cc1. The van der Waals surface area contributed by atoms with E-state index in [0.717, 1.165) is 18.4 Å². The molecule has 122 valence electrons. The van der Waals surface area contributed by atoms with Gasteiger partial charge in [-0.25, -0.2) is 5.43 Å². The fourth-order valence-electron chi connectivity index (χ4n) is 2.10. The zero-order valence-electron chi connectivity index (χ0n) is 12.8. The number of hydrogen-bond acceptors (Lipinski definition) is 3. The molecule has 0 heterocycles. The Balaban J connectivity index is 1.56. The summed E-state index contributed by atoms with van der Waals surface area (Å²) in [5, 5.41) is 7.29. The minimum atomic E-state index is -0.335. The van der Waals surface area contributed by atoms with Gasteiger partial charge in [-0.15, -0.1) is 0 Å². The molecule has 1 aliphatic rings. The van der Waals surface area contributed by atoms with Crippen molar-refractivity contribution in [2.45, 2.75) is 12.8 Å². The summed E-state index contributed by atoms with van der Waals surface area (Å²) in [4.78, 5) is 23.7. The van der Waals surface area contributed by atoms with Gasteiger partial charge < -0.3 is 5.32 Å². The lowest BCUT2D eigenvalue weighted by Crippen LogP contribution is -2.18. The summed E-state index contributed by atoms with van der Waals surface area (Å²) in [6, 6.07) is 13.9. The number of carbonyl (C=O) groups excluding carboxylic acids is 2. The molecule has 0 spiro atoms. The van der Waals surface area contributed by atoms with Gasteiger partial charge in [0.1, 0.15) is 0 Å². The zero-order valence-corrected chi connectivity index (χ0v) is 13.6. The van der Waals surface area contributed by atoms with E-state index in [1.54, 1.807) is 36.4 Å². The Morgan fingerprint density at radius 2 is 1.79 bits per heavy atom. The number of nitrogens with zero attached hydrogens (tertiary/aromatic N) is 1. The van der Waals surface area contributed by atoms with Crippen molar-refractivity contribution in [3.63, 3.8) is 0 Å². The first-order chi connectivity index (χ1) is 11.6. The molecule has 0 radical (unpaired) electrons. The summed E-state index contributed by atoms with van der Waals surface area (Å²) < 4.78 is 0. The third kappa shape index (κ3) is 4.20. The smallest absolute Gasteiger partial charge is 0.271 e. The lowest BCUT2D eigenvalue weighted by atomic mass is 10.2. The van der Waals surface area contributed by atoms with Crippen LogP contribution in [0.25, 0.3) is 0 Å². The van der Waals surface area contributed by atoms with E-state index in [9.17, 15) is 9.59 Å². The standard InChI is InChI=1S/C18H16ClN3O2/c19-16-4-2-1-3-14(16)11-20-22-18(24)13-7-9-15(10-8-13)21-17(23)12-5-6-12/h1-4,7-12H,5-6H2,(H,21,23)(H,22,24). The Labute approximate surface area is 144 Å². The lowest BCUT2D eigenvalue weighted by molar-refractivity contribution is -0.117. The van der Waals surface area contributed by atoms with Gasteiger partial charge in [-0.05, 0) is 43.2 Å². The Morgan fingerprint density at radius 1 is 1.08 bits per heavy atom. The maximum atomic E-state index is 12.0. The van der Waals surface area contributed by atoms with E-state index in [1.807, 2.05) is 12.1 Å². The second-order valence-corrected chi connectivity index (χ2v) is 5.97. The molecule has 5 nitrogen and oxygen atoms in total. The van der Waals surface area contributed by atoms with Gasteiger partial charge >= 0.3 is 0 Å². The molecule has 1 fully saturated rings. The second-order valence-electron chi connectivity index (χ2n) is 5.56. The normalized spacial score (nSPS) is 13.7. The monoisotopic (exact) mass is 341 g/mol. The van der Waals surface area contributed by atoms with Gasteiger partial charge in [0.15, 0.2) is 0 Å². The number of amides is 2. The molecule has 0 aliphatic heterocycles. The minimum absolute atomic E-state index is 0.0385. The van der Waals surface area contributed by atoms with Crippen LogP contribution in [0, 0.1) is 5.92 Å². The quantitative estimate of drug-likeness (QED) is 0.646. The minimum Gasteiger partial charge on any atom is -0.326 e. The van der Waals surface area contributed by atoms with Crippen molar-refractivity contribution in [2.75, 3.05) is 5.32 Å². The average molecular weight is 342 g/mol. The lowest BCUT2D eigenvalue weighted by Gasteiger charge is -2.05. The highest BCUT2D eigenvalue weighted by molar-refractivity contribution is 6.33. The highest BCUT2D eigenvalue weighted by atomic mass is 35.5. The summed E-state index contributed by atoms with van der Waals surface area (Å²) in [7, 11) is 0. The van der Waals surface area contributed by atoms with Crippen LogP contribution in [0.3, 0.4) is 0 Å². The predicted molar refractivity (Wildman–Crippen MR) is 94.3 cm³/mol. The van der Waals surface area contributed by atoms with Crippen LogP contribution in [0.4, 0.5) is 5.69 Å². The maximum absolute atomic E-state index is 12.0. The molecule has 0 unspecified atom stereocenters. The van der Waals surface area contributed by atoms with Crippen LogP contribution in [0.1, 0.15) is 28.8 Å². The van der Waals surface area contributed by atoms with Gasteiger partial charge in [-0.2, -0.15) is 5.10 Å². The van der Waals surface area contributed by atoms with Crippen LogP contribution in [0.5, 0.6) is 0 Å². The number of hydrazone groups is 1. The Kier molecular flexibility index (Phi) is 4.91. The van der Waals surface area contributed by atoms with E-state index >= 15 is 0 Å². The number of rotatable bonds is 5. The molecule has 2 aromatic rings. The summed E-state index contributed by atoms with van der Waals surface area (Å²) in [6.07, 6.45) is 3.40. The maximum Gasteiger partial charge on any atom is 0.271 e. The van der Waals surface area contributed by atoms with E-state index in [0.29, 0.717) is 16.3 Å². The third-order valence-electron chi connectivity index (χ3n) is 3.64. The van der Waals surface area contributed by atoms with Crippen LogP contribution in [0.2, 0.25) is 5.02 Å². The topological polar surface area (TPSA) is 70.6 Å². The first-order valence-electron chi connectivity index (χ1n) is 7.62. The van der Waals surface area contributed by atoms with Crippen molar-refractivity contribution in [1.82, 2.24) is 5.43 Å². The Morgan fingerprint density at radius 3 is 2.46 bits per heavy atom. The van der Waals surface area contributed by atoms with Crippen LogP contribution in [0.15, 0.2) is 53.6 Å². The second kappa shape index (κ2) is 7.27. The molecule has 24 heavy (non-hydrogen) atoms. The molecule has 0 saturated heterocycles. The number of halogens is 1. The summed E-state index contributed by atoms with van der Waals surface area (Å²) in [5.41, 5.74) is 4.31. The van der Waals surface area contributed by atoms with Crippen molar-refractivity contribution in [1.29, 1.82) is 0 Å². The Bertz CT molecular complexity index is 783. The fourth-order valence-corrected chi connectivity index (χ4v) is 2.28. The van der Waals surface area contributed by atoms with E-state index < -0.39 is 0 Å². The molecule has 2 aromatic carbocycles. The van der Waals surface area contributed by atoms with E-state index in [-0.39, 0.29) is 17.7 Å². The van der Waals surface area contributed by atoms with Gasteiger partial charge in [0.2, 0.25) is 5.91 Å². The molecule has 6 heteroatoms. The van der Waals surface area contributed by atoms with Crippen LogP contribution in [-0.2, 0) is 4.79 Å². The van der Waals surface area contributed by atoms with Gasteiger partial charge in [0.05, 0.1) is 6.21 Å². The van der Waals surface area contributed by atoms with E-state index in [2.05, 4.69) is 15.8 Å². The zero-order chi connectivity index (χ0) is 16.9. The van der Waals surface area contributed by atoms with Crippen molar-refractivity contribution in [2.24, 2.45) is 11.0 Å². The third-order valence-corrected chi connectivity index (χ3v) is 3.98. The van der Waals surface area contributed by atoms with Crippen LogP contribution in [-0.4, -0.2) is 18.0 Å². The average Bonchev–Trinajstić information content (AvgIpc) is 3.42. The summed E-state index contributed by atoms with van der Waals surface area (Å²) in [6.45, 7) is 0. The highest BCUT2D eigenvalue weighted by Crippen LogP contribution is 2.30. The van der Waals surface area contributed by atoms with Gasteiger partial charge in [-0.1, -0.05) is 29.8 Å². The Hall–Kier alpha value is -2.66.